The predicted octanol–water partition coefficient (Wildman–Crippen LogP) is 3.57. The average Bonchev–Trinajstić information content (AvgIpc) is 2.67. The van der Waals surface area contributed by atoms with Gasteiger partial charge in [0.2, 0.25) is 0 Å². The zero-order valence-corrected chi connectivity index (χ0v) is 16.8. The van der Waals surface area contributed by atoms with Gasteiger partial charge in [-0.25, -0.2) is 9.18 Å². The Morgan fingerprint density at radius 2 is 1.79 bits per heavy atom. The minimum atomic E-state index is -0.370. The Morgan fingerprint density at radius 1 is 1.07 bits per heavy atom. The molecule has 1 aromatic heterocycles. The maximum absolute atomic E-state index is 13.1. The van der Waals surface area contributed by atoms with E-state index in [2.05, 4.69) is 10.3 Å². The van der Waals surface area contributed by atoms with Crippen LogP contribution in [0.1, 0.15) is 11.1 Å². The lowest BCUT2D eigenvalue weighted by Crippen LogP contribution is -2.40. The minimum Gasteiger partial charge on any atom is -0.322 e. The van der Waals surface area contributed by atoms with E-state index in [9.17, 15) is 14.0 Å². The number of halogens is 1. The van der Waals surface area contributed by atoms with Gasteiger partial charge >= 0.3 is 6.03 Å². The fourth-order valence-electron chi connectivity index (χ4n) is 3.00. The van der Waals surface area contributed by atoms with Crippen LogP contribution in [0, 0.1) is 12.7 Å². The van der Waals surface area contributed by atoms with Crippen LogP contribution in [0.15, 0.2) is 53.3 Å². The first-order chi connectivity index (χ1) is 13.8. The predicted molar refractivity (Wildman–Crippen MR) is 114 cm³/mol. The smallest absolute Gasteiger partial charge is 0.322 e. The molecule has 2 aromatic carbocycles. The maximum atomic E-state index is 13.1. The van der Waals surface area contributed by atoms with Crippen LogP contribution in [-0.2, 0) is 6.54 Å². The van der Waals surface area contributed by atoms with E-state index in [-0.39, 0.29) is 24.0 Å². The van der Waals surface area contributed by atoms with Crippen LogP contribution in [0.25, 0.3) is 10.9 Å². The number of amides is 2. The van der Waals surface area contributed by atoms with Crippen molar-refractivity contribution in [3.05, 3.63) is 75.8 Å². The summed E-state index contributed by atoms with van der Waals surface area (Å²) in [7, 11) is 3.84. The van der Waals surface area contributed by atoms with Crippen LogP contribution in [0.3, 0.4) is 0 Å². The van der Waals surface area contributed by atoms with Gasteiger partial charge in [0.1, 0.15) is 5.82 Å². The fourth-order valence-corrected chi connectivity index (χ4v) is 3.00. The van der Waals surface area contributed by atoms with Crippen LogP contribution in [-0.4, -0.2) is 48.0 Å². The third-order valence-corrected chi connectivity index (χ3v) is 4.64. The molecule has 0 aliphatic heterocycles. The molecule has 0 saturated heterocycles. The molecule has 3 rings (SSSR count). The lowest BCUT2D eigenvalue weighted by Gasteiger charge is -2.24. The Bertz CT molecular complexity index is 1060. The van der Waals surface area contributed by atoms with Crippen molar-refractivity contribution in [1.29, 1.82) is 0 Å². The molecule has 0 bridgehead atoms. The third-order valence-electron chi connectivity index (χ3n) is 4.64. The van der Waals surface area contributed by atoms with Gasteiger partial charge in [-0.3, -0.25) is 4.79 Å². The molecule has 3 aromatic rings. The zero-order chi connectivity index (χ0) is 21.0. The number of fused-ring (bicyclic) bond motifs is 1. The summed E-state index contributed by atoms with van der Waals surface area (Å²) in [6.45, 7) is 3.23. The summed E-state index contributed by atoms with van der Waals surface area (Å²) in [5, 5.41) is 3.69. The van der Waals surface area contributed by atoms with Crippen molar-refractivity contribution in [3.8, 4) is 0 Å². The van der Waals surface area contributed by atoms with E-state index in [4.69, 9.17) is 0 Å². The largest absolute Gasteiger partial charge is 0.322 e. The number of hydrogen-bond donors (Lipinski definition) is 2. The number of aryl methyl sites for hydroxylation is 1. The monoisotopic (exact) mass is 396 g/mol. The molecule has 2 amide bonds. The molecule has 1 heterocycles. The summed E-state index contributed by atoms with van der Waals surface area (Å²) < 4.78 is 13.1. The van der Waals surface area contributed by atoms with E-state index < -0.39 is 0 Å². The molecule has 29 heavy (non-hydrogen) atoms. The number of nitrogens with zero attached hydrogens (tertiary/aromatic N) is 2. The van der Waals surface area contributed by atoms with Gasteiger partial charge < -0.3 is 20.1 Å². The number of hydrogen-bond acceptors (Lipinski definition) is 3. The molecule has 0 unspecified atom stereocenters. The fraction of sp³-hybridized carbons (Fsp3) is 0.273. The van der Waals surface area contributed by atoms with E-state index >= 15 is 0 Å². The molecule has 0 saturated carbocycles. The lowest BCUT2D eigenvalue weighted by molar-refractivity contribution is 0.202. The van der Waals surface area contributed by atoms with Gasteiger partial charge in [-0.2, -0.15) is 0 Å². The zero-order valence-electron chi connectivity index (χ0n) is 16.8. The molecular formula is C22H25FN4O2. The van der Waals surface area contributed by atoms with Crippen molar-refractivity contribution in [2.45, 2.75) is 13.5 Å². The number of likely N-dealkylation sites (N-methyl/N-ethyl adjacent to an activating group) is 1. The second kappa shape index (κ2) is 8.87. The van der Waals surface area contributed by atoms with Gasteiger partial charge in [0, 0.05) is 29.9 Å². The number of nitrogens with one attached hydrogen (secondary N) is 2. The normalized spacial score (nSPS) is 11.1. The molecule has 0 spiro atoms. The highest BCUT2D eigenvalue weighted by Crippen LogP contribution is 2.15. The Morgan fingerprint density at radius 3 is 2.48 bits per heavy atom. The molecule has 7 heteroatoms. The number of aromatic nitrogens is 1. The summed E-state index contributed by atoms with van der Waals surface area (Å²) in [5.74, 6) is -0.370. The van der Waals surface area contributed by atoms with E-state index in [0.29, 0.717) is 24.3 Å². The second-order valence-electron chi connectivity index (χ2n) is 7.38. The van der Waals surface area contributed by atoms with Gasteiger partial charge in [-0.1, -0.05) is 11.6 Å². The first-order valence-corrected chi connectivity index (χ1v) is 9.40. The Labute approximate surface area is 169 Å². The van der Waals surface area contributed by atoms with E-state index in [1.54, 1.807) is 4.90 Å². The van der Waals surface area contributed by atoms with Crippen LogP contribution in [0.2, 0.25) is 0 Å². The first-order valence-electron chi connectivity index (χ1n) is 9.40. The maximum Gasteiger partial charge on any atom is 0.322 e. The van der Waals surface area contributed by atoms with Crippen molar-refractivity contribution in [2.24, 2.45) is 0 Å². The van der Waals surface area contributed by atoms with Crippen molar-refractivity contribution < 1.29 is 9.18 Å². The van der Waals surface area contributed by atoms with Gasteiger partial charge in [-0.15, -0.1) is 0 Å². The number of pyridine rings is 1. The number of benzene rings is 2. The average molecular weight is 396 g/mol. The molecule has 0 aliphatic carbocycles. The number of urea groups is 1. The van der Waals surface area contributed by atoms with Crippen molar-refractivity contribution >= 4 is 22.6 Å². The van der Waals surface area contributed by atoms with Crippen molar-refractivity contribution in [1.82, 2.24) is 14.8 Å². The van der Waals surface area contributed by atoms with Crippen LogP contribution in [0.4, 0.5) is 14.9 Å². The molecule has 0 aliphatic rings. The van der Waals surface area contributed by atoms with Crippen molar-refractivity contribution in [2.75, 3.05) is 32.5 Å². The molecule has 0 fully saturated rings. The van der Waals surface area contributed by atoms with Gasteiger partial charge in [0.25, 0.3) is 5.56 Å². The van der Waals surface area contributed by atoms with Crippen LogP contribution in [0.5, 0.6) is 0 Å². The Balaban J connectivity index is 1.85. The summed E-state index contributed by atoms with van der Waals surface area (Å²) in [6, 6.07) is 12.9. The number of carbonyl (C=O) groups excluding carboxylic acids is 1. The Kier molecular flexibility index (Phi) is 6.29. The second-order valence-corrected chi connectivity index (χ2v) is 7.38. The first kappa shape index (κ1) is 20.5. The van der Waals surface area contributed by atoms with E-state index in [1.807, 2.05) is 50.2 Å². The highest BCUT2D eigenvalue weighted by atomic mass is 19.1. The molecular weight excluding hydrogens is 371 g/mol. The molecule has 0 atom stereocenters. The number of aromatic amines is 1. The van der Waals surface area contributed by atoms with Gasteiger partial charge in [-0.05, 0) is 68.9 Å². The van der Waals surface area contributed by atoms with E-state index in [1.165, 1.54) is 24.3 Å². The SMILES string of the molecule is Cc1ccc2[nH]c(=O)c(CN(CCN(C)C)C(=O)Nc3ccc(F)cc3)cc2c1. The Hall–Kier alpha value is -3.19. The number of anilines is 1. The van der Waals surface area contributed by atoms with Crippen LogP contribution >= 0.6 is 0 Å². The molecule has 2 N–H and O–H groups in total. The summed E-state index contributed by atoms with van der Waals surface area (Å²) >= 11 is 0. The topological polar surface area (TPSA) is 68.4 Å². The number of H-pyrrole nitrogens is 1. The highest BCUT2D eigenvalue weighted by Gasteiger charge is 2.17. The summed E-state index contributed by atoms with van der Waals surface area (Å²) in [5.41, 5.74) is 2.64. The number of carbonyl (C=O) groups is 1. The van der Waals surface area contributed by atoms with E-state index in [0.717, 1.165) is 16.5 Å². The quantitative estimate of drug-likeness (QED) is 0.669. The minimum absolute atomic E-state index is 0.167. The molecule has 152 valence electrons. The third kappa shape index (κ3) is 5.42. The molecule has 0 radical (unpaired) electrons. The van der Waals surface area contributed by atoms with Crippen LogP contribution < -0.4 is 10.9 Å². The van der Waals surface area contributed by atoms with Crippen molar-refractivity contribution in [3.63, 3.8) is 0 Å². The summed E-state index contributed by atoms with van der Waals surface area (Å²) in [6.07, 6.45) is 0. The lowest BCUT2D eigenvalue weighted by atomic mass is 10.1. The number of rotatable bonds is 6. The highest BCUT2D eigenvalue weighted by molar-refractivity contribution is 5.89. The summed E-state index contributed by atoms with van der Waals surface area (Å²) in [4.78, 5) is 31.8. The van der Waals surface area contributed by atoms with Gasteiger partial charge in [0.05, 0.1) is 6.54 Å². The van der Waals surface area contributed by atoms with Gasteiger partial charge in [0.15, 0.2) is 0 Å². The molecule has 6 nitrogen and oxygen atoms in total. The standard InChI is InChI=1S/C22H25FN4O2/c1-15-4-9-20-16(12-15)13-17(21(28)25-20)14-27(11-10-26(2)3)22(29)24-19-7-5-18(23)6-8-19/h4-9,12-13H,10-11,14H2,1-3H3,(H,24,29)(H,25,28).